The van der Waals surface area contributed by atoms with Crippen molar-refractivity contribution in [1.29, 1.82) is 0 Å². The third-order valence-corrected chi connectivity index (χ3v) is 8.21. The van der Waals surface area contributed by atoms with E-state index in [4.69, 9.17) is 9.73 Å². The van der Waals surface area contributed by atoms with Gasteiger partial charge in [-0.05, 0) is 49.3 Å². The number of aliphatic imine (C=N–C) groups is 1. The van der Waals surface area contributed by atoms with E-state index in [1.807, 2.05) is 16.0 Å². The lowest BCUT2D eigenvalue weighted by molar-refractivity contribution is -0.155. The van der Waals surface area contributed by atoms with E-state index in [9.17, 15) is 9.59 Å². The minimum absolute atomic E-state index is 0.108. The number of nitrogens with zero attached hydrogens (tertiary/aromatic N) is 4. The minimum atomic E-state index is -0.527. The molecule has 8 heteroatoms. The Morgan fingerprint density at radius 3 is 2.89 bits per heavy atom. The van der Waals surface area contributed by atoms with Crippen molar-refractivity contribution in [1.82, 2.24) is 20.0 Å². The highest BCUT2D eigenvalue weighted by molar-refractivity contribution is 6.17. The van der Waals surface area contributed by atoms with Gasteiger partial charge in [-0.15, -0.1) is 0 Å². The summed E-state index contributed by atoms with van der Waals surface area (Å²) < 4.78 is 5.39. The minimum Gasteiger partial charge on any atom is -0.368 e. The number of aromatic amines is 1. The van der Waals surface area contributed by atoms with E-state index in [-0.39, 0.29) is 23.8 Å². The molecule has 7 rings (SSSR count). The molecule has 2 amide bonds. The number of fused-ring (bicyclic) bond motifs is 1. The standard InChI is InChI=1S/C27H29N5O3/c33-25(23-8-12-35-23)31-11-7-17(15-31)16-32-24(29-27(9-10-27)26(32)34)19-3-1-18(2-4-19)20-5-6-22-21(13-20)14-28-30-22/h1,3-6,13-14,17-18,23H,2,7-12,15-16H2,(H,28,30)/t17-,18?,23?/m1/s1. The number of amides is 2. The van der Waals surface area contributed by atoms with Crippen LogP contribution < -0.4 is 0 Å². The van der Waals surface area contributed by atoms with Gasteiger partial charge in [0.15, 0.2) is 0 Å². The molecule has 35 heavy (non-hydrogen) atoms. The summed E-state index contributed by atoms with van der Waals surface area (Å²) in [6, 6.07) is 6.42. The first-order valence-electron chi connectivity index (χ1n) is 12.7. The van der Waals surface area contributed by atoms with Crippen LogP contribution in [0.15, 0.2) is 53.2 Å². The molecule has 3 fully saturated rings. The first-order chi connectivity index (χ1) is 17.1. The van der Waals surface area contributed by atoms with Crippen molar-refractivity contribution in [2.75, 3.05) is 26.2 Å². The first kappa shape index (κ1) is 21.1. The van der Waals surface area contributed by atoms with Crippen LogP contribution in [0.4, 0.5) is 0 Å². The number of hydrogen-bond acceptors (Lipinski definition) is 5. The molecule has 2 saturated heterocycles. The first-order valence-corrected chi connectivity index (χ1v) is 12.7. The maximum absolute atomic E-state index is 13.3. The molecule has 5 aliphatic rings. The molecular formula is C27H29N5O3. The quantitative estimate of drug-likeness (QED) is 0.726. The Labute approximate surface area is 203 Å². The van der Waals surface area contributed by atoms with Gasteiger partial charge in [-0.1, -0.05) is 24.3 Å². The molecule has 3 aliphatic heterocycles. The molecule has 4 heterocycles. The number of nitrogens with one attached hydrogen (secondary N) is 1. The fourth-order valence-corrected chi connectivity index (χ4v) is 5.79. The predicted molar refractivity (Wildman–Crippen MR) is 131 cm³/mol. The van der Waals surface area contributed by atoms with Crippen LogP contribution >= 0.6 is 0 Å². The second kappa shape index (κ2) is 7.88. The number of allylic oxidation sites excluding steroid dienone is 2. The lowest BCUT2D eigenvalue weighted by atomic mass is 9.89. The molecule has 2 aliphatic carbocycles. The van der Waals surface area contributed by atoms with Gasteiger partial charge in [-0.2, -0.15) is 5.10 Å². The Bertz CT molecular complexity index is 1300. The molecule has 1 saturated carbocycles. The summed E-state index contributed by atoms with van der Waals surface area (Å²) in [7, 11) is 0. The number of amidine groups is 1. The average Bonchev–Trinajstić information content (AvgIpc) is 3.17. The number of likely N-dealkylation sites (tertiary alicyclic amines) is 1. The summed E-state index contributed by atoms with van der Waals surface area (Å²) in [5, 5.41) is 8.24. The average molecular weight is 472 g/mol. The van der Waals surface area contributed by atoms with E-state index < -0.39 is 5.54 Å². The maximum Gasteiger partial charge on any atom is 0.256 e. The molecular weight excluding hydrogens is 442 g/mol. The molecule has 2 aromatic rings. The highest BCUT2D eigenvalue weighted by Gasteiger charge is 2.57. The summed E-state index contributed by atoms with van der Waals surface area (Å²) >= 11 is 0. The van der Waals surface area contributed by atoms with Gasteiger partial charge in [-0.3, -0.25) is 24.6 Å². The second-order valence-corrected chi connectivity index (χ2v) is 10.5. The highest BCUT2D eigenvalue weighted by Crippen LogP contribution is 2.47. The molecule has 1 aromatic carbocycles. The molecule has 1 N–H and O–H groups in total. The fraction of sp³-hybridized carbons (Fsp3) is 0.481. The SMILES string of the molecule is O=C(C1CCO1)N1CC[C@@H](CN2C(=O)C3(CC3)N=C2C2=CCC(c3ccc4[nH]ncc4c3)C=C2)C1. The lowest BCUT2D eigenvalue weighted by Gasteiger charge is -2.30. The smallest absolute Gasteiger partial charge is 0.256 e. The highest BCUT2D eigenvalue weighted by atomic mass is 16.5. The van der Waals surface area contributed by atoms with E-state index in [0.29, 0.717) is 25.6 Å². The third-order valence-electron chi connectivity index (χ3n) is 8.21. The zero-order valence-electron chi connectivity index (χ0n) is 19.7. The van der Waals surface area contributed by atoms with Gasteiger partial charge >= 0.3 is 0 Å². The van der Waals surface area contributed by atoms with Crippen LogP contribution in [0.3, 0.4) is 0 Å². The summed E-state index contributed by atoms with van der Waals surface area (Å²) in [6.07, 6.45) is 12.5. The zero-order valence-corrected chi connectivity index (χ0v) is 19.7. The number of H-pyrrole nitrogens is 1. The Kier molecular flexibility index (Phi) is 4.74. The van der Waals surface area contributed by atoms with Crippen molar-refractivity contribution in [3.05, 3.63) is 53.8 Å². The zero-order chi connectivity index (χ0) is 23.6. The van der Waals surface area contributed by atoms with Crippen molar-refractivity contribution in [3.63, 3.8) is 0 Å². The topological polar surface area (TPSA) is 90.9 Å². The van der Waals surface area contributed by atoms with Crippen LogP contribution in [0.1, 0.15) is 43.6 Å². The van der Waals surface area contributed by atoms with Gasteiger partial charge in [0.25, 0.3) is 11.8 Å². The van der Waals surface area contributed by atoms with Gasteiger partial charge in [0.05, 0.1) is 18.3 Å². The van der Waals surface area contributed by atoms with Crippen molar-refractivity contribution in [3.8, 4) is 0 Å². The summed E-state index contributed by atoms with van der Waals surface area (Å²) in [6.45, 7) is 2.74. The van der Waals surface area contributed by atoms with Crippen LogP contribution in [0, 0.1) is 5.92 Å². The Morgan fingerprint density at radius 2 is 2.14 bits per heavy atom. The van der Waals surface area contributed by atoms with Gasteiger partial charge in [0.1, 0.15) is 17.5 Å². The van der Waals surface area contributed by atoms with Crippen molar-refractivity contribution in [2.24, 2.45) is 10.9 Å². The van der Waals surface area contributed by atoms with Crippen molar-refractivity contribution >= 4 is 28.6 Å². The Morgan fingerprint density at radius 1 is 1.26 bits per heavy atom. The van der Waals surface area contributed by atoms with Crippen molar-refractivity contribution in [2.45, 2.75) is 49.7 Å². The van der Waals surface area contributed by atoms with Crippen LogP contribution in [-0.2, 0) is 14.3 Å². The van der Waals surface area contributed by atoms with Gasteiger partial charge in [-0.25, -0.2) is 0 Å². The van der Waals surface area contributed by atoms with Crippen LogP contribution in [0.5, 0.6) is 0 Å². The number of hydrogen-bond donors (Lipinski definition) is 1. The van der Waals surface area contributed by atoms with Crippen molar-refractivity contribution < 1.29 is 14.3 Å². The number of benzene rings is 1. The van der Waals surface area contributed by atoms with E-state index in [1.165, 1.54) is 5.56 Å². The number of rotatable bonds is 5. The molecule has 8 nitrogen and oxygen atoms in total. The predicted octanol–water partition coefficient (Wildman–Crippen LogP) is 2.94. The summed E-state index contributed by atoms with van der Waals surface area (Å²) in [5.41, 5.74) is 2.82. The van der Waals surface area contributed by atoms with Gasteiger partial charge in [0.2, 0.25) is 0 Å². The fourth-order valence-electron chi connectivity index (χ4n) is 5.79. The van der Waals surface area contributed by atoms with Gasteiger partial charge in [0, 0.05) is 42.9 Å². The Hall–Kier alpha value is -3.26. The lowest BCUT2D eigenvalue weighted by Crippen LogP contribution is -2.45. The van der Waals surface area contributed by atoms with E-state index in [1.54, 1.807) is 0 Å². The molecule has 1 aromatic heterocycles. The molecule has 180 valence electrons. The normalized spacial score (nSPS) is 29.0. The third kappa shape index (κ3) is 3.54. The second-order valence-electron chi connectivity index (χ2n) is 10.5. The molecule has 0 bridgehead atoms. The number of aromatic nitrogens is 2. The summed E-state index contributed by atoms with van der Waals surface area (Å²) in [4.78, 5) is 34.7. The molecule has 3 atom stereocenters. The summed E-state index contributed by atoms with van der Waals surface area (Å²) in [5.74, 6) is 1.63. The number of carbonyl (C=O) groups excluding carboxylic acids is 2. The van der Waals surface area contributed by atoms with Crippen LogP contribution in [0.25, 0.3) is 10.9 Å². The van der Waals surface area contributed by atoms with E-state index in [2.05, 4.69) is 46.6 Å². The molecule has 0 radical (unpaired) electrons. The van der Waals surface area contributed by atoms with E-state index >= 15 is 0 Å². The van der Waals surface area contributed by atoms with Crippen LogP contribution in [-0.4, -0.2) is 75.5 Å². The van der Waals surface area contributed by atoms with Crippen LogP contribution in [0.2, 0.25) is 0 Å². The van der Waals surface area contributed by atoms with E-state index in [0.717, 1.165) is 61.0 Å². The Balaban J connectivity index is 1.06. The monoisotopic (exact) mass is 471 g/mol. The van der Waals surface area contributed by atoms with Gasteiger partial charge < -0.3 is 9.64 Å². The number of ether oxygens (including phenoxy) is 1. The largest absolute Gasteiger partial charge is 0.368 e. The molecule has 2 unspecified atom stereocenters. The number of carbonyl (C=O) groups is 2. The maximum atomic E-state index is 13.3. The molecule has 1 spiro atoms.